The van der Waals surface area contributed by atoms with Crippen LogP contribution in [0.2, 0.25) is 0 Å². The molecule has 1 heterocycles. The molecule has 0 aromatic rings. The summed E-state index contributed by atoms with van der Waals surface area (Å²) >= 11 is 0. The molecular formula is C15H26N2O4. The van der Waals surface area contributed by atoms with E-state index < -0.39 is 5.97 Å². The van der Waals surface area contributed by atoms with Crippen LogP contribution >= 0.6 is 0 Å². The molecule has 2 aliphatic rings. The van der Waals surface area contributed by atoms with Crippen molar-refractivity contribution in [3.05, 3.63) is 0 Å². The van der Waals surface area contributed by atoms with Gasteiger partial charge in [-0.1, -0.05) is 6.42 Å². The van der Waals surface area contributed by atoms with Crippen LogP contribution in [0.15, 0.2) is 0 Å². The third-order valence-electron chi connectivity index (χ3n) is 4.57. The van der Waals surface area contributed by atoms with Gasteiger partial charge in [-0.2, -0.15) is 0 Å². The summed E-state index contributed by atoms with van der Waals surface area (Å²) in [6, 6.07) is 0. The molecule has 3 N–H and O–H groups in total. The van der Waals surface area contributed by atoms with E-state index in [0.29, 0.717) is 19.6 Å². The summed E-state index contributed by atoms with van der Waals surface area (Å²) in [7, 11) is 0. The maximum absolute atomic E-state index is 11.8. The van der Waals surface area contributed by atoms with Crippen LogP contribution < -0.4 is 10.6 Å². The molecule has 2 rings (SSSR count). The van der Waals surface area contributed by atoms with Crippen LogP contribution in [0.25, 0.3) is 0 Å². The van der Waals surface area contributed by atoms with Gasteiger partial charge >= 0.3 is 5.97 Å². The van der Waals surface area contributed by atoms with Crippen molar-refractivity contribution in [2.45, 2.75) is 51.0 Å². The summed E-state index contributed by atoms with van der Waals surface area (Å²) in [6.07, 6.45) is 5.63. The van der Waals surface area contributed by atoms with E-state index in [4.69, 9.17) is 9.84 Å². The lowest BCUT2D eigenvalue weighted by molar-refractivity contribution is -0.142. The second kappa shape index (κ2) is 7.75. The predicted molar refractivity (Wildman–Crippen MR) is 78.0 cm³/mol. The average molecular weight is 298 g/mol. The standard InChI is InChI=1S/C15H26N2O4/c18-13(4-9-21-12-2-7-16-8-3-12)17-11-15(5-1-6-15)10-14(19)20/h12,16H,1-11H2,(H,17,18)(H,19,20). The highest BCUT2D eigenvalue weighted by Crippen LogP contribution is 2.43. The van der Waals surface area contributed by atoms with Crippen molar-refractivity contribution >= 4 is 11.9 Å². The van der Waals surface area contributed by atoms with Crippen LogP contribution in [0.5, 0.6) is 0 Å². The van der Waals surface area contributed by atoms with Crippen LogP contribution in [0.4, 0.5) is 0 Å². The smallest absolute Gasteiger partial charge is 0.303 e. The number of piperidine rings is 1. The SMILES string of the molecule is O=C(O)CC1(CNC(=O)CCOC2CCNCC2)CCC1. The van der Waals surface area contributed by atoms with Gasteiger partial charge in [-0.3, -0.25) is 9.59 Å². The Bertz CT molecular complexity index is 363. The lowest BCUT2D eigenvalue weighted by Gasteiger charge is -2.40. The number of carboxylic acids is 1. The van der Waals surface area contributed by atoms with Gasteiger partial charge in [0.25, 0.3) is 0 Å². The molecule has 6 heteroatoms. The molecule has 1 aliphatic carbocycles. The number of rotatable bonds is 8. The Kier molecular flexibility index (Phi) is 5.99. The molecule has 1 saturated heterocycles. The molecule has 1 aliphatic heterocycles. The molecular weight excluding hydrogens is 272 g/mol. The van der Waals surface area contributed by atoms with E-state index in [1.165, 1.54) is 0 Å². The quantitative estimate of drug-likeness (QED) is 0.620. The van der Waals surface area contributed by atoms with Gasteiger partial charge < -0.3 is 20.5 Å². The Balaban J connectivity index is 1.59. The molecule has 0 radical (unpaired) electrons. The molecule has 2 fully saturated rings. The molecule has 6 nitrogen and oxygen atoms in total. The van der Waals surface area contributed by atoms with E-state index in [2.05, 4.69) is 10.6 Å². The van der Waals surface area contributed by atoms with Crippen LogP contribution in [0.3, 0.4) is 0 Å². The Hall–Kier alpha value is -1.14. The summed E-state index contributed by atoms with van der Waals surface area (Å²) < 4.78 is 5.70. The van der Waals surface area contributed by atoms with Gasteiger partial charge in [-0.15, -0.1) is 0 Å². The molecule has 0 unspecified atom stereocenters. The topological polar surface area (TPSA) is 87.7 Å². The van der Waals surface area contributed by atoms with Gasteiger partial charge in [0.15, 0.2) is 0 Å². The fourth-order valence-electron chi connectivity index (χ4n) is 3.07. The van der Waals surface area contributed by atoms with Gasteiger partial charge in [-0.25, -0.2) is 0 Å². The van der Waals surface area contributed by atoms with Crippen molar-refractivity contribution in [3.63, 3.8) is 0 Å². The largest absolute Gasteiger partial charge is 0.481 e. The minimum absolute atomic E-state index is 0.0411. The van der Waals surface area contributed by atoms with Crippen molar-refractivity contribution in [1.29, 1.82) is 0 Å². The zero-order valence-electron chi connectivity index (χ0n) is 12.5. The Morgan fingerprint density at radius 1 is 1.29 bits per heavy atom. The van der Waals surface area contributed by atoms with Gasteiger partial charge in [0.2, 0.25) is 5.91 Å². The van der Waals surface area contributed by atoms with Gasteiger partial charge in [0, 0.05) is 13.0 Å². The van der Waals surface area contributed by atoms with E-state index in [9.17, 15) is 9.59 Å². The van der Waals surface area contributed by atoms with E-state index >= 15 is 0 Å². The Morgan fingerprint density at radius 2 is 2.00 bits per heavy atom. The highest BCUT2D eigenvalue weighted by atomic mass is 16.5. The normalized spacial score (nSPS) is 21.5. The second-order valence-electron chi connectivity index (χ2n) is 6.27. The van der Waals surface area contributed by atoms with Gasteiger partial charge in [0.05, 0.1) is 19.1 Å². The first-order valence-electron chi connectivity index (χ1n) is 7.90. The minimum Gasteiger partial charge on any atom is -0.481 e. The molecule has 21 heavy (non-hydrogen) atoms. The van der Waals surface area contributed by atoms with E-state index in [0.717, 1.165) is 45.2 Å². The monoisotopic (exact) mass is 298 g/mol. The number of hydrogen-bond acceptors (Lipinski definition) is 4. The molecule has 0 spiro atoms. The summed E-state index contributed by atoms with van der Waals surface area (Å²) in [5.41, 5.74) is -0.211. The summed E-state index contributed by atoms with van der Waals surface area (Å²) in [5, 5.41) is 15.1. The Morgan fingerprint density at radius 3 is 2.57 bits per heavy atom. The second-order valence-corrected chi connectivity index (χ2v) is 6.27. The number of hydrogen-bond donors (Lipinski definition) is 3. The summed E-state index contributed by atoms with van der Waals surface area (Å²) in [5.74, 6) is -0.821. The molecule has 0 aromatic heterocycles. The van der Waals surface area contributed by atoms with Crippen molar-refractivity contribution < 1.29 is 19.4 Å². The van der Waals surface area contributed by atoms with E-state index in [1.807, 2.05) is 0 Å². The third kappa shape index (κ3) is 5.28. The minimum atomic E-state index is -0.779. The van der Waals surface area contributed by atoms with Crippen LogP contribution in [-0.2, 0) is 14.3 Å². The third-order valence-corrected chi connectivity index (χ3v) is 4.57. The first-order chi connectivity index (χ1) is 10.1. The number of carboxylic acid groups (broad SMARTS) is 1. The zero-order chi connectivity index (χ0) is 15.1. The number of carbonyl (C=O) groups is 2. The van der Waals surface area contributed by atoms with Crippen LogP contribution in [0.1, 0.15) is 44.9 Å². The molecule has 0 aromatic carbocycles. The van der Waals surface area contributed by atoms with Crippen molar-refractivity contribution in [1.82, 2.24) is 10.6 Å². The number of nitrogens with one attached hydrogen (secondary N) is 2. The number of ether oxygens (including phenoxy) is 1. The molecule has 120 valence electrons. The van der Waals surface area contributed by atoms with Crippen LogP contribution in [0, 0.1) is 5.41 Å². The van der Waals surface area contributed by atoms with Gasteiger partial charge in [-0.05, 0) is 44.2 Å². The fourth-order valence-corrected chi connectivity index (χ4v) is 3.07. The van der Waals surface area contributed by atoms with Crippen LogP contribution in [-0.4, -0.2) is 49.3 Å². The summed E-state index contributed by atoms with van der Waals surface area (Å²) in [6.45, 7) is 2.89. The fraction of sp³-hybridized carbons (Fsp3) is 0.867. The predicted octanol–water partition coefficient (Wildman–Crippen LogP) is 0.906. The number of amides is 1. The maximum Gasteiger partial charge on any atom is 0.303 e. The van der Waals surface area contributed by atoms with Crippen molar-refractivity contribution in [2.24, 2.45) is 5.41 Å². The highest BCUT2D eigenvalue weighted by Gasteiger charge is 2.39. The molecule has 1 saturated carbocycles. The lowest BCUT2D eigenvalue weighted by atomic mass is 9.66. The molecule has 0 atom stereocenters. The van der Waals surface area contributed by atoms with Gasteiger partial charge in [0.1, 0.15) is 0 Å². The average Bonchev–Trinajstić information content (AvgIpc) is 2.42. The molecule has 1 amide bonds. The Labute approximate surface area is 125 Å². The summed E-state index contributed by atoms with van der Waals surface area (Å²) in [4.78, 5) is 22.7. The first kappa shape index (κ1) is 16.2. The van der Waals surface area contributed by atoms with Crippen molar-refractivity contribution in [2.75, 3.05) is 26.2 Å². The van der Waals surface area contributed by atoms with E-state index in [-0.39, 0.29) is 23.8 Å². The zero-order valence-corrected chi connectivity index (χ0v) is 12.5. The number of carbonyl (C=O) groups excluding carboxylic acids is 1. The van der Waals surface area contributed by atoms with E-state index in [1.54, 1.807) is 0 Å². The number of aliphatic carboxylic acids is 1. The van der Waals surface area contributed by atoms with Crippen molar-refractivity contribution in [3.8, 4) is 0 Å². The first-order valence-corrected chi connectivity index (χ1v) is 7.90. The highest BCUT2D eigenvalue weighted by molar-refractivity contribution is 5.76. The lowest BCUT2D eigenvalue weighted by Crippen LogP contribution is -2.43. The maximum atomic E-state index is 11.8. The molecule has 0 bridgehead atoms.